The number of nitrogens with zero attached hydrogens (tertiary/aromatic N) is 1. The van der Waals surface area contributed by atoms with Crippen LogP contribution in [-0.2, 0) is 9.59 Å². The molecular weight excluding hydrogens is 296 g/mol. The van der Waals surface area contributed by atoms with Crippen LogP contribution in [0.25, 0.3) is 0 Å². The van der Waals surface area contributed by atoms with E-state index in [9.17, 15) is 9.59 Å². The van der Waals surface area contributed by atoms with Crippen LogP contribution in [0.2, 0.25) is 0 Å². The lowest BCUT2D eigenvalue weighted by Gasteiger charge is -2.19. The first-order valence-electron chi connectivity index (χ1n) is 8.04. The van der Waals surface area contributed by atoms with Crippen molar-refractivity contribution in [1.82, 2.24) is 10.2 Å². The van der Waals surface area contributed by atoms with E-state index in [0.717, 1.165) is 31.4 Å². The maximum Gasteiger partial charge on any atom is 0.311 e. The molecule has 1 aromatic rings. The number of ether oxygens (including phenoxy) is 2. The van der Waals surface area contributed by atoms with Gasteiger partial charge in [0, 0.05) is 13.1 Å². The number of methoxy groups -OCH3 is 1. The minimum Gasteiger partial charge on any atom is -0.497 e. The SMILES string of the molecule is COc1ccc(OCCNC(=O)C(=O)N2CCCCCC2)cc1. The Morgan fingerprint density at radius 2 is 1.65 bits per heavy atom. The highest BCUT2D eigenvalue weighted by atomic mass is 16.5. The summed E-state index contributed by atoms with van der Waals surface area (Å²) < 4.78 is 10.6. The molecule has 1 fully saturated rings. The predicted octanol–water partition coefficient (Wildman–Crippen LogP) is 1.59. The molecule has 1 saturated heterocycles. The van der Waals surface area contributed by atoms with Crippen molar-refractivity contribution in [3.8, 4) is 11.5 Å². The van der Waals surface area contributed by atoms with E-state index in [1.807, 2.05) is 0 Å². The Morgan fingerprint density at radius 1 is 1.04 bits per heavy atom. The third-order valence-electron chi connectivity index (χ3n) is 3.80. The number of rotatable bonds is 5. The number of carbonyl (C=O) groups is 2. The van der Waals surface area contributed by atoms with Crippen LogP contribution in [0.15, 0.2) is 24.3 Å². The van der Waals surface area contributed by atoms with Crippen LogP contribution in [-0.4, -0.2) is 50.1 Å². The summed E-state index contributed by atoms with van der Waals surface area (Å²) in [5, 5.41) is 2.61. The van der Waals surface area contributed by atoms with Gasteiger partial charge in [0.25, 0.3) is 0 Å². The molecule has 6 heteroatoms. The summed E-state index contributed by atoms with van der Waals surface area (Å²) >= 11 is 0. The number of likely N-dealkylation sites (tertiary alicyclic amines) is 1. The smallest absolute Gasteiger partial charge is 0.311 e. The Balaban J connectivity index is 1.68. The van der Waals surface area contributed by atoms with Crippen molar-refractivity contribution in [1.29, 1.82) is 0 Å². The molecule has 0 aromatic heterocycles. The largest absolute Gasteiger partial charge is 0.497 e. The van der Waals surface area contributed by atoms with Crippen molar-refractivity contribution < 1.29 is 19.1 Å². The molecule has 0 atom stereocenters. The third kappa shape index (κ3) is 5.47. The molecule has 2 amide bonds. The van der Waals surface area contributed by atoms with Crippen molar-refractivity contribution in [2.45, 2.75) is 25.7 Å². The van der Waals surface area contributed by atoms with E-state index in [1.165, 1.54) is 0 Å². The van der Waals surface area contributed by atoms with Gasteiger partial charge in [0.15, 0.2) is 0 Å². The Bertz CT molecular complexity index is 508. The van der Waals surface area contributed by atoms with E-state index in [4.69, 9.17) is 9.47 Å². The van der Waals surface area contributed by atoms with Crippen LogP contribution in [0.4, 0.5) is 0 Å². The molecule has 1 aromatic carbocycles. The molecule has 6 nitrogen and oxygen atoms in total. The van der Waals surface area contributed by atoms with Gasteiger partial charge in [-0.15, -0.1) is 0 Å². The van der Waals surface area contributed by atoms with Crippen LogP contribution in [0.3, 0.4) is 0 Å². The van der Waals surface area contributed by atoms with E-state index < -0.39 is 11.8 Å². The number of hydrogen-bond donors (Lipinski definition) is 1. The Morgan fingerprint density at radius 3 is 2.26 bits per heavy atom. The summed E-state index contributed by atoms with van der Waals surface area (Å²) in [7, 11) is 1.60. The average Bonchev–Trinajstić information content (AvgIpc) is 2.87. The molecule has 0 saturated carbocycles. The van der Waals surface area contributed by atoms with E-state index in [0.29, 0.717) is 32.0 Å². The lowest BCUT2D eigenvalue weighted by atomic mass is 10.2. The molecule has 0 unspecified atom stereocenters. The number of amides is 2. The fourth-order valence-corrected chi connectivity index (χ4v) is 2.50. The first-order chi connectivity index (χ1) is 11.2. The summed E-state index contributed by atoms with van der Waals surface area (Å²) in [6.45, 7) is 1.96. The average molecular weight is 320 g/mol. The fraction of sp³-hybridized carbons (Fsp3) is 0.529. The van der Waals surface area contributed by atoms with Crippen LogP contribution >= 0.6 is 0 Å². The molecule has 1 heterocycles. The fourth-order valence-electron chi connectivity index (χ4n) is 2.50. The van der Waals surface area contributed by atoms with E-state index in [1.54, 1.807) is 36.3 Å². The van der Waals surface area contributed by atoms with Gasteiger partial charge in [0.05, 0.1) is 13.7 Å². The minimum atomic E-state index is -0.551. The molecule has 0 spiro atoms. The number of nitrogens with one attached hydrogen (secondary N) is 1. The monoisotopic (exact) mass is 320 g/mol. The van der Waals surface area contributed by atoms with Crippen LogP contribution in [0, 0.1) is 0 Å². The summed E-state index contributed by atoms with van der Waals surface area (Å²) in [5.74, 6) is 0.467. The van der Waals surface area contributed by atoms with E-state index in [-0.39, 0.29) is 0 Å². The highest BCUT2D eigenvalue weighted by molar-refractivity contribution is 6.35. The van der Waals surface area contributed by atoms with Gasteiger partial charge in [-0.3, -0.25) is 9.59 Å². The van der Waals surface area contributed by atoms with E-state index >= 15 is 0 Å². The molecule has 0 radical (unpaired) electrons. The molecule has 1 aliphatic heterocycles. The van der Waals surface area contributed by atoms with Crippen LogP contribution in [0.1, 0.15) is 25.7 Å². The molecule has 1 aliphatic rings. The summed E-state index contributed by atoms with van der Waals surface area (Å²) in [5.41, 5.74) is 0. The van der Waals surface area contributed by atoms with Crippen molar-refractivity contribution in [3.05, 3.63) is 24.3 Å². The van der Waals surface area contributed by atoms with E-state index in [2.05, 4.69) is 5.32 Å². The Labute approximate surface area is 136 Å². The lowest BCUT2D eigenvalue weighted by molar-refractivity contribution is -0.145. The van der Waals surface area contributed by atoms with Gasteiger partial charge in [0.2, 0.25) is 0 Å². The number of benzene rings is 1. The van der Waals surface area contributed by atoms with Gasteiger partial charge in [-0.05, 0) is 37.1 Å². The maximum atomic E-state index is 12.0. The number of carbonyl (C=O) groups excluding carboxylic acids is 2. The molecule has 126 valence electrons. The molecule has 0 aliphatic carbocycles. The zero-order valence-corrected chi connectivity index (χ0v) is 13.5. The highest BCUT2D eigenvalue weighted by Gasteiger charge is 2.21. The summed E-state index contributed by atoms with van der Waals surface area (Å²) in [6.07, 6.45) is 4.20. The zero-order chi connectivity index (χ0) is 16.5. The summed E-state index contributed by atoms with van der Waals surface area (Å²) in [6, 6.07) is 7.19. The molecular formula is C17H24N2O4. The van der Waals surface area contributed by atoms with Gasteiger partial charge in [-0.25, -0.2) is 0 Å². The van der Waals surface area contributed by atoms with Gasteiger partial charge < -0.3 is 19.7 Å². The second kappa shape index (κ2) is 9.02. The normalized spacial score (nSPS) is 14.7. The van der Waals surface area contributed by atoms with Gasteiger partial charge in [0.1, 0.15) is 18.1 Å². The second-order valence-electron chi connectivity index (χ2n) is 5.49. The predicted molar refractivity (Wildman–Crippen MR) is 86.5 cm³/mol. The Hall–Kier alpha value is -2.24. The molecule has 1 N–H and O–H groups in total. The van der Waals surface area contributed by atoms with Crippen LogP contribution < -0.4 is 14.8 Å². The minimum absolute atomic E-state index is 0.296. The molecule has 0 bridgehead atoms. The lowest BCUT2D eigenvalue weighted by Crippen LogP contribution is -2.44. The molecule has 23 heavy (non-hydrogen) atoms. The van der Waals surface area contributed by atoms with Gasteiger partial charge >= 0.3 is 11.8 Å². The maximum absolute atomic E-state index is 12.0. The van der Waals surface area contributed by atoms with Gasteiger partial charge in [-0.1, -0.05) is 12.8 Å². The second-order valence-corrected chi connectivity index (χ2v) is 5.49. The quantitative estimate of drug-likeness (QED) is 0.661. The van der Waals surface area contributed by atoms with Crippen LogP contribution in [0.5, 0.6) is 11.5 Å². The van der Waals surface area contributed by atoms with Crippen molar-refractivity contribution >= 4 is 11.8 Å². The first-order valence-corrected chi connectivity index (χ1v) is 8.04. The Kier molecular flexibility index (Phi) is 6.72. The number of hydrogen-bond acceptors (Lipinski definition) is 4. The van der Waals surface area contributed by atoms with Gasteiger partial charge in [-0.2, -0.15) is 0 Å². The highest BCUT2D eigenvalue weighted by Crippen LogP contribution is 2.16. The first kappa shape index (κ1) is 17.1. The third-order valence-corrected chi connectivity index (χ3v) is 3.80. The summed E-state index contributed by atoms with van der Waals surface area (Å²) in [4.78, 5) is 25.6. The standard InChI is InChI=1S/C17H24N2O4/c1-22-14-6-8-15(9-7-14)23-13-10-18-16(20)17(21)19-11-4-2-3-5-12-19/h6-9H,2-5,10-13H2,1H3,(H,18,20). The van der Waals surface area contributed by atoms with Crippen molar-refractivity contribution in [2.75, 3.05) is 33.4 Å². The van der Waals surface area contributed by atoms with Crippen molar-refractivity contribution in [3.63, 3.8) is 0 Å². The topological polar surface area (TPSA) is 67.9 Å². The zero-order valence-electron chi connectivity index (χ0n) is 13.5. The molecule has 2 rings (SSSR count). The van der Waals surface area contributed by atoms with Crippen molar-refractivity contribution in [2.24, 2.45) is 0 Å².